The Kier molecular flexibility index (Phi) is 5.17. The Balaban J connectivity index is 1.45. The van der Waals surface area contributed by atoms with Gasteiger partial charge in [-0.05, 0) is 37.3 Å². The van der Waals surface area contributed by atoms with Gasteiger partial charge >= 0.3 is 5.97 Å². The van der Waals surface area contributed by atoms with Gasteiger partial charge in [-0.3, -0.25) is 14.4 Å². The monoisotopic (exact) mass is 355 g/mol. The number of fused-ring (bicyclic) bond motifs is 1. The molecule has 0 bridgehead atoms. The summed E-state index contributed by atoms with van der Waals surface area (Å²) in [6.45, 7) is 1.29. The van der Waals surface area contributed by atoms with Crippen LogP contribution in [0.4, 0.5) is 0 Å². The number of ether oxygens (including phenoxy) is 3. The fourth-order valence-corrected chi connectivity index (χ4v) is 2.31. The Hall–Kier alpha value is -3.35. The molecular weight excluding hydrogens is 338 g/mol. The minimum absolute atomic E-state index is 0.114. The van der Waals surface area contributed by atoms with Crippen molar-refractivity contribution in [2.75, 3.05) is 19.9 Å². The highest BCUT2D eigenvalue weighted by atomic mass is 16.7. The maximum atomic E-state index is 12.1. The molecule has 1 aliphatic rings. The van der Waals surface area contributed by atoms with E-state index < -0.39 is 12.6 Å². The first-order valence-electron chi connectivity index (χ1n) is 7.96. The number of amides is 1. The van der Waals surface area contributed by atoms with E-state index in [9.17, 15) is 14.4 Å². The van der Waals surface area contributed by atoms with Crippen LogP contribution in [0.5, 0.6) is 11.5 Å². The molecule has 1 heterocycles. The highest BCUT2D eigenvalue weighted by Gasteiger charge is 2.17. The van der Waals surface area contributed by atoms with Crippen molar-refractivity contribution >= 4 is 17.7 Å². The topological polar surface area (TPSA) is 90.9 Å². The highest BCUT2D eigenvalue weighted by Crippen LogP contribution is 2.32. The second-order valence-electron chi connectivity index (χ2n) is 5.70. The van der Waals surface area contributed by atoms with E-state index in [4.69, 9.17) is 14.2 Å². The van der Waals surface area contributed by atoms with Crippen molar-refractivity contribution in [1.29, 1.82) is 0 Å². The molecule has 0 spiro atoms. The number of hydrogen-bond acceptors (Lipinski definition) is 6. The lowest BCUT2D eigenvalue weighted by atomic mass is 10.1. The van der Waals surface area contributed by atoms with Crippen LogP contribution in [-0.2, 0) is 9.53 Å². The van der Waals surface area contributed by atoms with Crippen LogP contribution in [-0.4, -0.2) is 37.6 Å². The van der Waals surface area contributed by atoms with Crippen molar-refractivity contribution in [2.45, 2.75) is 6.92 Å². The quantitative estimate of drug-likeness (QED) is 0.628. The van der Waals surface area contributed by atoms with E-state index in [1.807, 2.05) is 6.92 Å². The number of rotatable bonds is 6. The first kappa shape index (κ1) is 17.5. The number of carbonyl (C=O) groups excluding carboxylic acids is 3. The lowest BCUT2D eigenvalue weighted by Gasteiger charge is -2.07. The van der Waals surface area contributed by atoms with Gasteiger partial charge in [0.2, 0.25) is 6.79 Å². The van der Waals surface area contributed by atoms with Crippen LogP contribution in [0.3, 0.4) is 0 Å². The Bertz CT molecular complexity index is 844. The number of aryl methyl sites for hydroxylation is 1. The predicted molar refractivity (Wildman–Crippen MR) is 91.4 cm³/mol. The van der Waals surface area contributed by atoms with Gasteiger partial charge in [0, 0.05) is 11.1 Å². The molecular formula is C19H17NO6. The van der Waals surface area contributed by atoms with Gasteiger partial charge in [-0.2, -0.15) is 0 Å². The van der Waals surface area contributed by atoms with Crippen molar-refractivity contribution in [1.82, 2.24) is 5.32 Å². The average molecular weight is 355 g/mol. The van der Waals surface area contributed by atoms with Crippen LogP contribution in [0.2, 0.25) is 0 Å². The SMILES string of the molecule is Cc1ccc(C(=O)NCC(=O)OCC(=O)c2ccc3c(c2)OCO3)cc1. The summed E-state index contributed by atoms with van der Waals surface area (Å²) in [4.78, 5) is 35.7. The van der Waals surface area contributed by atoms with Gasteiger partial charge in [0.1, 0.15) is 6.54 Å². The third-order valence-corrected chi connectivity index (χ3v) is 3.77. The predicted octanol–water partition coefficient (Wildman–Crippen LogP) is 1.88. The molecule has 134 valence electrons. The van der Waals surface area contributed by atoms with E-state index in [0.29, 0.717) is 22.6 Å². The van der Waals surface area contributed by atoms with Crippen molar-refractivity contribution in [2.24, 2.45) is 0 Å². The molecule has 0 atom stereocenters. The zero-order valence-corrected chi connectivity index (χ0v) is 14.1. The van der Waals surface area contributed by atoms with Gasteiger partial charge in [0.05, 0.1) is 0 Å². The van der Waals surface area contributed by atoms with E-state index in [1.165, 1.54) is 6.07 Å². The van der Waals surface area contributed by atoms with Gasteiger partial charge < -0.3 is 19.5 Å². The first-order chi connectivity index (χ1) is 12.5. The third-order valence-electron chi connectivity index (χ3n) is 3.77. The summed E-state index contributed by atoms with van der Waals surface area (Å²) in [7, 11) is 0. The molecule has 2 aromatic carbocycles. The molecule has 0 saturated carbocycles. The molecule has 0 aliphatic carbocycles. The van der Waals surface area contributed by atoms with Gasteiger partial charge in [0.25, 0.3) is 5.91 Å². The Labute approximate surface area is 149 Å². The molecule has 26 heavy (non-hydrogen) atoms. The van der Waals surface area contributed by atoms with Gasteiger partial charge in [-0.1, -0.05) is 17.7 Å². The summed E-state index contributed by atoms with van der Waals surface area (Å²) in [5, 5.41) is 2.45. The Morgan fingerprint density at radius 3 is 2.46 bits per heavy atom. The second kappa shape index (κ2) is 7.69. The highest BCUT2D eigenvalue weighted by molar-refractivity contribution is 5.99. The molecule has 7 heteroatoms. The van der Waals surface area contributed by atoms with Crippen LogP contribution in [0.1, 0.15) is 26.3 Å². The van der Waals surface area contributed by atoms with Gasteiger partial charge in [-0.25, -0.2) is 0 Å². The van der Waals surface area contributed by atoms with Crippen LogP contribution in [0.25, 0.3) is 0 Å². The molecule has 0 aromatic heterocycles. The van der Waals surface area contributed by atoms with Crippen molar-refractivity contribution in [3.63, 3.8) is 0 Å². The minimum atomic E-state index is -0.695. The lowest BCUT2D eigenvalue weighted by Crippen LogP contribution is -2.31. The van der Waals surface area contributed by atoms with Crippen LogP contribution < -0.4 is 14.8 Å². The van der Waals surface area contributed by atoms with Gasteiger partial charge in [0.15, 0.2) is 23.9 Å². The molecule has 0 fully saturated rings. The normalized spacial score (nSPS) is 11.7. The summed E-state index contributed by atoms with van der Waals surface area (Å²) in [5.41, 5.74) is 1.83. The maximum Gasteiger partial charge on any atom is 0.325 e. The average Bonchev–Trinajstić information content (AvgIpc) is 3.12. The molecule has 7 nitrogen and oxygen atoms in total. The van der Waals surface area contributed by atoms with Crippen LogP contribution >= 0.6 is 0 Å². The van der Waals surface area contributed by atoms with E-state index in [-0.39, 0.29) is 25.0 Å². The van der Waals surface area contributed by atoms with E-state index in [0.717, 1.165) is 5.56 Å². The first-order valence-corrected chi connectivity index (χ1v) is 7.96. The number of benzene rings is 2. The molecule has 2 aromatic rings. The van der Waals surface area contributed by atoms with E-state index in [1.54, 1.807) is 36.4 Å². The van der Waals surface area contributed by atoms with Crippen molar-refractivity contribution in [3.8, 4) is 11.5 Å². The molecule has 1 amide bonds. The smallest absolute Gasteiger partial charge is 0.325 e. The largest absolute Gasteiger partial charge is 0.456 e. The minimum Gasteiger partial charge on any atom is -0.456 e. The molecule has 1 aliphatic heterocycles. The van der Waals surface area contributed by atoms with Crippen LogP contribution in [0.15, 0.2) is 42.5 Å². The molecule has 0 radical (unpaired) electrons. The fraction of sp³-hybridized carbons (Fsp3) is 0.211. The second-order valence-corrected chi connectivity index (χ2v) is 5.70. The summed E-state index contributed by atoms with van der Waals surface area (Å²) in [6, 6.07) is 11.7. The number of hydrogen-bond donors (Lipinski definition) is 1. The Morgan fingerprint density at radius 2 is 1.69 bits per heavy atom. The summed E-state index contributed by atoms with van der Waals surface area (Å²) >= 11 is 0. The van der Waals surface area contributed by atoms with E-state index >= 15 is 0 Å². The molecule has 1 N–H and O–H groups in total. The summed E-state index contributed by atoms with van der Waals surface area (Å²) in [5.74, 6) is -0.407. The summed E-state index contributed by atoms with van der Waals surface area (Å²) in [6.07, 6.45) is 0. The Morgan fingerprint density at radius 1 is 1.00 bits per heavy atom. The standard InChI is InChI=1S/C19H17NO6/c1-12-2-4-13(5-3-12)19(23)20-9-18(22)24-10-15(21)14-6-7-16-17(8-14)26-11-25-16/h2-8H,9-11H2,1H3,(H,20,23). The number of esters is 1. The number of carbonyl (C=O) groups is 3. The zero-order chi connectivity index (χ0) is 18.5. The maximum absolute atomic E-state index is 12.1. The lowest BCUT2D eigenvalue weighted by molar-refractivity contribution is -0.141. The van der Waals surface area contributed by atoms with Crippen molar-refractivity contribution < 1.29 is 28.6 Å². The summed E-state index contributed by atoms with van der Waals surface area (Å²) < 4.78 is 15.3. The molecule has 0 saturated heterocycles. The number of nitrogens with one attached hydrogen (secondary N) is 1. The van der Waals surface area contributed by atoms with Crippen molar-refractivity contribution in [3.05, 3.63) is 59.2 Å². The molecule has 0 unspecified atom stereocenters. The van der Waals surface area contributed by atoms with Crippen LogP contribution in [0, 0.1) is 6.92 Å². The fourth-order valence-electron chi connectivity index (χ4n) is 2.31. The number of ketones is 1. The van der Waals surface area contributed by atoms with Gasteiger partial charge in [-0.15, -0.1) is 0 Å². The third kappa shape index (κ3) is 4.18. The van der Waals surface area contributed by atoms with E-state index in [2.05, 4.69) is 5.32 Å². The zero-order valence-electron chi connectivity index (χ0n) is 14.1. The molecule has 3 rings (SSSR count). The number of Topliss-reactive ketones (excluding diaryl/α,β-unsaturated/α-hetero) is 1.